The molecule has 60 valence electrons. The summed E-state index contributed by atoms with van der Waals surface area (Å²) in [5.74, 6) is 0. The van der Waals surface area contributed by atoms with Crippen LogP contribution >= 0.6 is 23.2 Å². The minimum absolute atomic E-state index is 0.384. The van der Waals surface area contributed by atoms with Crippen molar-refractivity contribution in [2.24, 2.45) is 0 Å². The maximum absolute atomic E-state index is 8.62. The summed E-state index contributed by atoms with van der Waals surface area (Å²) in [4.78, 5) is 0. The smallest absolute Gasteiger partial charge is 0.182 e. The van der Waals surface area contributed by atoms with E-state index in [0.29, 0.717) is 21.4 Å². The molecule has 1 aromatic carbocycles. The average molecular weight is 194 g/mol. The minimum Gasteiger partial charge on any atom is -0.397 e. The van der Waals surface area contributed by atoms with Crippen LogP contribution in [0.25, 0.3) is 0 Å². The molecule has 0 aliphatic carbocycles. The molecule has 5 N–H and O–H groups in total. The summed E-state index contributed by atoms with van der Waals surface area (Å²) >= 11 is 11.3. The maximum Gasteiger partial charge on any atom is 0.182 e. The van der Waals surface area contributed by atoms with Gasteiger partial charge in [-0.25, -0.2) is 5.21 Å². The molecule has 0 aliphatic rings. The zero-order valence-corrected chi connectivity index (χ0v) is 7.02. The van der Waals surface area contributed by atoms with Crippen LogP contribution < -0.4 is 11.2 Å². The summed E-state index contributed by atoms with van der Waals surface area (Å²) in [5, 5.41) is 9.39. The van der Waals surface area contributed by atoms with Crippen LogP contribution in [0.1, 0.15) is 0 Å². The van der Waals surface area contributed by atoms with Crippen molar-refractivity contribution >= 4 is 34.6 Å². The molecule has 3 nitrogen and oxygen atoms in total. The van der Waals surface area contributed by atoms with Crippen molar-refractivity contribution in [1.82, 2.24) is 0 Å². The topological polar surface area (TPSA) is 62.9 Å². The highest BCUT2D eigenvalue weighted by Crippen LogP contribution is 2.27. The van der Waals surface area contributed by atoms with Gasteiger partial charge < -0.3 is 5.73 Å². The molecule has 0 saturated heterocycles. The Morgan fingerprint density at radius 1 is 1.27 bits per heavy atom. The summed E-state index contributed by atoms with van der Waals surface area (Å²) in [6, 6.07) is 2.99. The first-order valence-corrected chi connectivity index (χ1v) is 3.62. The van der Waals surface area contributed by atoms with E-state index >= 15 is 0 Å². The van der Waals surface area contributed by atoms with Crippen LogP contribution in [-0.4, -0.2) is 5.21 Å². The highest BCUT2D eigenvalue weighted by atomic mass is 35.5. The van der Waals surface area contributed by atoms with Crippen LogP contribution in [0.4, 0.5) is 11.4 Å². The van der Waals surface area contributed by atoms with Gasteiger partial charge in [0.05, 0.1) is 10.7 Å². The highest BCUT2D eigenvalue weighted by Gasteiger charge is 2.06. The third kappa shape index (κ3) is 1.75. The zero-order valence-electron chi connectivity index (χ0n) is 5.51. The first-order chi connectivity index (χ1) is 5.15. The number of halogens is 2. The number of nitrogen functional groups attached to an aromatic ring is 1. The van der Waals surface area contributed by atoms with Gasteiger partial charge in [0.1, 0.15) is 5.02 Å². The van der Waals surface area contributed by atoms with Gasteiger partial charge in [0, 0.05) is 6.07 Å². The summed E-state index contributed by atoms with van der Waals surface area (Å²) in [5.41, 5.74) is 7.18. The molecule has 0 fully saturated rings. The van der Waals surface area contributed by atoms with Crippen molar-refractivity contribution in [2.45, 2.75) is 0 Å². The van der Waals surface area contributed by atoms with Gasteiger partial charge in [-0.1, -0.05) is 23.2 Å². The lowest BCUT2D eigenvalue weighted by molar-refractivity contribution is -0.825. The fourth-order valence-corrected chi connectivity index (χ4v) is 1.07. The van der Waals surface area contributed by atoms with Crippen molar-refractivity contribution in [3.05, 3.63) is 22.2 Å². The van der Waals surface area contributed by atoms with E-state index in [-0.39, 0.29) is 0 Å². The SMILES string of the molecule is Nc1cc(Cl)c([NH2+]O)cc1Cl. The predicted molar refractivity (Wildman–Crippen MR) is 44.2 cm³/mol. The van der Waals surface area contributed by atoms with Gasteiger partial charge in [0.25, 0.3) is 0 Å². The number of hydrogen-bond donors (Lipinski definition) is 3. The Morgan fingerprint density at radius 2 is 1.91 bits per heavy atom. The Balaban J connectivity index is 3.21. The van der Waals surface area contributed by atoms with Crippen LogP contribution in [0, 0.1) is 0 Å². The van der Waals surface area contributed by atoms with E-state index in [1.54, 1.807) is 0 Å². The van der Waals surface area contributed by atoms with E-state index < -0.39 is 0 Å². The Labute approximate surface area is 73.7 Å². The maximum atomic E-state index is 8.62. The monoisotopic (exact) mass is 193 g/mol. The minimum atomic E-state index is 0.384. The lowest BCUT2D eigenvalue weighted by Gasteiger charge is -2.00. The average Bonchev–Trinajstić information content (AvgIpc) is 1.97. The number of rotatable bonds is 1. The summed E-state index contributed by atoms with van der Waals surface area (Å²) in [6.45, 7) is 0. The van der Waals surface area contributed by atoms with Gasteiger partial charge in [-0.3, -0.25) is 0 Å². The standard InChI is InChI=1S/C6H6Cl2N2O/c7-3-2-6(10-11)4(8)1-5(3)9/h1-2,10-11H,9H2/p+1. The number of anilines is 1. The lowest BCUT2D eigenvalue weighted by Crippen LogP contribution is -2.73. The number of quaternary nitrogens is 1. The number of hydrogen-bond acceptors (Lipinski definition) is 2. The molecule has 0 unspecified atom stereocenters. The van der Waals surface area contributed by atoms with E-state index in [0.717, 1.165) is 5.48 Å². The third-order valence-electron chi connectivity index (χ3n) is 1.26. The van der Waals surface area contributed by atoms with Crippen LogP contribution in [-0.2, 0) is 0 Å². The molecule has 0 heterocycles. The molecule has 5 heteroatoms. The van der Waals surface area contributed by atoms with Crippen molar-refractivity contribution in [2.75, 3.05) is 5.73 Å². The van der Waals surface area contributed by atoms with Crippen molar-refractivity contribution in [1.29, 1.82) is 0 Å². The summed E-state index contributed by atoms with van der Waals surface area (Å²) < 4.78 is 0. The van der Waals surface area contributed by atoms with Gasteiger partial charge in [0.15, 0.2) is 5.69 Å². The van der Waals surface area contributed by atoms with E-state index in [1.165, 1.54) is 12.1 Å². The first-order valence-electron chi connectivity index (χ1n) is 2.87. The molecule has 0 radical (unpaired) electrons. The molecule has 1 aromatic rings. The van der Waals surface area contributed by atoms with E-state index in [2.05, 4.69) is 0 Å². The molecule has 0 bridgehead atoms. The molecular formula is C6H7Cl2N2O+. The third-order valence-corrected chi connectivity index (χ3v) is 1.91. The molecular weight excluding hydrogens is 187 g/mol. The van der Waals surface area contributed by atoms with Gasteiger partial charge in [-0.2, -0.15) is 5.48 Å². The molecule has 11 heavy (non-hydrogen) atoms. The van der Waals surface area contributed by atoms with Crippen LogP contribution in [0.5, 0.6) is 0 Å². The van der Waals surface area contributed by atoms with Crippen molar-refractivity contribution in [3.8, 4) is 0 Å². The van der Waals surface area contributed by atoms with Gasteiger partial charge in [-0.15, -0.1) is 0 Å². The number of benzene rings is 1. The second kappa shape index (κ2) is 3.28. The highest BCUT2D eigenvalue weighted by molar-refractivity contribution is 6.36. The van der Waals surface area contributed by atoms with E-state index in [1.807, 2.05) is 0 Å². The van der Waals surface area contributed by atoms with Crippen molar-refractivity contribution < 1.29 is 10.7 Å². The molecule has 0 amide bonds. The second-order valence-corrected chi connectivity index (χ2v) is 2.84. The largest absolute Gasteiger partial charge is 0.397 e. The number of nitrogens with two attached hydrogens (primary N) is 2. The lowest BCUT2D eigenvalue weighted by atomic mass is 10.3. The van der Waals surface area contributed by atoms with Crippen LogP contribution in [0.2, 0.25) is 10.0 Å². The van der Waals surface area contributed by atoms with Gasteiger partial charge in [0.2, 0.25) is 0 Å². The fraction of sp³-hybridized carbons (Fsp3) is 0. The van der Waals surface area contributed by atoms with Gasteiger partial charge in [-0.05, 0) is 6.07 Å². The molecule has 0 aromatic heterocycles. The molecule has 0 spiro atoms. The molecule has 0 saturated carbocycles. The van der Waals surface area contributed by atoms with Crippen LogP contribution in [0.3, 0.4) is 0 Å². The Hall–Kier alpha value is -0.480. The Bertz CT molecular complexity index is 278. The zero-order chi connectivity index (χ0) is 8.43. The molecule has 0 atom stereocenters. The first kappa shape index (κ1) is 8.62. The Morgan fingerprint density at radius 3 is 2.45 bits per heavy atom. The van der Waals surface area contributed by atoms with E-state index in [4.69, 9.17) is 34.1 Å². The van der Waals surface area contributed by atoms with E-state index in [9.17, 15) is 0 Å². The predicted octanol–water partition coefficient (Wildman–Crippen LogP) is 1.16. The van der Waals surface area contributed by atoms with Gasteiger partial charge >= 0.3 is 0 Å². The second-order valence-electron chi connectivity index (χ2n) is 2.02. The van der Waals surface area contributed by atoms with Crippen molar-refractivity contribution in [3.63, 3.8) is 0 Å². The summed E-state index contributed by atoms with van der Waals surface area (Å²) in [6.07, 6.45) is 0. The Kier molecular flexibility index (Phi) is 2.57. The summed E-state index contributed by atoms with van der Waals surface area (Å²) in [7, 11) is 0. The van der Waals surface area contributed by atoms with Crippen LogP contribution in [0.15, 0.2) is 12.1 Å². The quantitative estimate of drug-likeness (QED) is 0.464. The fourth-order valence-electron chi connectivity index (χ4n) is 0.677. The molecule has 0 aliphatic heterocycles. The normalized spacial score (nSPS) is 10.1. The molecule has 1 rings (SSSR count).